The van der Waals surface area contributed by atoms with Gasteiger partial charge in [-0.25, -0.2) is 0 Å². The number of carbonyl (C=O) groups excluding carboxylic acids is 1. The Kier molecular flexibility index (Phi) is 5.77. The number of hydrogen-bond donors (Lipinski definition) is 2. The molecule has 0 spiro atoms. The van der Waals surface area contributed by atoms with Crippen LogP contribution < -0.4 is 16.0 Å². The van der Waals surface area contributed by atoms with Gasteiger partial charge >= 0.3 is 0 Å². The van der Waals surface area contributed by atoms with Crippen LogP contribution in [0.4, 0.5) is 11.4 Å². The summed E-state index contributed by atoms with van der Waals surface area (Å²) in [6.45, 7) is 4.25. The van der Waals surface area contributed by atoms with Gasteiger partial charge < -0.3 is 16.0 Å². The smallest absolute Gasteiger partial charge is 0.241 e. The number of rotatable bonds is 6. The zero-order chi connectivity index (χ0) is 16.8. The molecule has 0 aromatic heterocycles. The summed E-state index contributed by atoms with van der Waals surface area (Å²) in [5.41, 5.74) is 8.91. The fraction of sp³-hybridized carbons (Fsp3) is 0.316. The van der Waals surface area contributed by atoms with E-state index in [1.54, 1.807) is 0 Å². The molecule has 0 saturated heterocycles. The molecule has 23 heavy (non-hydrogen) atoms. The molecule has 0 aliphatic carbocycles. The van der Waals surface area contributed by atoms with Crippen molar-refractivity contribution in [3.05, 3.63) is 60.2 Å². The van der Waals surface area contributed by atoms with Crippen LogP contribution in [-0.4, -0.2) is 25.0 Å². The zero-order valence-electron chi connectivity index (χ0n) is 14.0. The predicted octanol–water partition coefficient (Wildman–Crippen LogP) is 3.04. The molecule has 0 heterocycles. The molecule has 0 radical (unpaired) electrons. The van der Waals surface area contributed by atoms with Crippen LogP contribution in [0.2, 0.25) is 0 Å². The SMILES string of the molecule is CC(C)N(C)c1cccc(NC(=O)C(N)Cc2ccccc2)c1. The van der Waals surface area contributed by atoms with Crippen LogP contribution in [0.3, 0.4) is 0 Å². The minimum absolute atomic E-state index is 0.168. The Labute approximate surface area is 138 Å². The Morgan fingerprint density at radius 1 is 1.13 bits per heavy atom. The highest BCUT2D eigenvalue weighted by Gasteiger charge is 2.15. The number of nitrogens with two attached hydrogens (primary N) is 1. The first-order chi connectivity index (χ1) is 11.0. The van der Waals surface area contributed by atoms with E-state index < -0.39 is 6.04 Å². The Morgan fingerprint density at radius 2 is 1.83 bits per heavy atom. The van der Waals surface area contributed by atoms with Crippen molar-refractivity contribution in [2.75, 3.05) is 17.3 Å². The monoisotopic (exact) mass is 311 g/mol. The fourth-order valence-corrected chi connectivity index (χ4v) is 2.30. The van der Waals surface area contributed by atoms with Gasteiger partial charge in [0.2, 0.25) is 5.91 Å². The van der Waals surface area contributed by atoms with Crippen molar-refractivity contribution < 1.29 is 4.79 Å². The first kappa shape index (κ1) is 17.0. The van der Waals surface area contributed by atoms with Gasteiger partial charge in [0.25, 0.3) is 0 Å². The van der Waals surface area contributed by atoms with E-state index in [1.807, 2.05) is 61.6 Å². The molecule has 122 valence electrons. The Hall–Kier alpha value is -2.33. The van der Waals surface area contributed by atoms with Gasteiger partial charge in [-0.2, -0.15) is 0 Å². The van der Waals surface area contributed by atoms with Gasteiger partial charge in [0, 0.05) is 24.5 Å². The third-order valence-corrected chi connectivity index (χ3v) is 3.93. The minimum Gasteiger partial charge on any atom is -0.372 e. The lowest BCUT2D eigenvalue weighted by atomic mass is 10.1. The average Bonchev–Trinajstić information content (AvgIpc) is 2.55. The number of amides is 1. The maximum absolute atomic E-state index is 12.3. The number of benzene rings is 2. The highest BCUT2D eigenvalue weighted by Crippen LogP contribution is 2.20. The second-order valence-corrected chi connectivity index (χ2v) is 6.04. The van der Waals surface area contributed by atoms with Crippen molar-refractivity contribution in [3.8, 4) is 0 Å². The average molecular weight is 311 g/mol. The second-order valence-electron chi connectivity index (χ2n) is 6.04. The molecular weight excluding hydrogens is 286 g/mol. The van der Waals surface area contributed by atoms with Crippen LogP contribution in [0.1, 0.15) is 19.4 Å². The van der Waals surface area contributed by atoms with E-state index in [0.717, 1.165) is 16.9 Å². The molecule has 4 heteroatoms. The predicted molar refractivity (Wildman–Crippen MR) is 96.7 cm³/mol. The summed E-state index contributed by atoms with van der Waals surface area (Å²) in [6, 6.07) is 17.4. The van der Waals surface area contributed by atoms with Crippen LogP contribution in [0.15, 0.2) is 54.6 Å². The lowest BCUT2D eigenvalue weighted by molar-refractivity contribution is -0.117. The van der Waals surface area contributed by atoms with Gasteiger partial charge in [-0.3, -0.25) is 4.79 Å². The van der Waals surface area contributed by atoms with Gasteiger partial charge in [-0.1, -0.05) is 36.4 Å². The summed E-state index contributed by atoms with van der Waals surface area (Å²) < 4.78 is 0. The standard InChI is InChI=1S/C19H25N3O/c1-14(2)22(3)17-11-7-10-16(13-17)21-19(23)18(20)12-15-8-5-4-6-9-15/h4-11,13-14,18H,12,20H2,1-3H3,(H,21,23). The molecule has 4 nitrogen and oxygen atoms in total. The zero-order valence-corrected chi connectivity index (χ0v) is 14.0. The van der Waals surface area contributed by atoms with Crippen LogP contribution in [-0.2, 0) is 11.2 Å². The highest BCUT2D eigenvalue weighted by molar-refractivity contribution is 5.95. The Bertz CT molecular complexity index is 640. The van der Waals surface area contributed by atoms with Crippen molar-refractivity contribution in [1.29, 1.82) is 0 Å². The van der Waals surface area contributed by atoms with E-state index in [0.29, 0.717) is 12.5 Å². The van der Waals surface area contributed by atoms with Gasteiger partial charge in [0.05, 0.1) is 6.04 Å². The summed E-state index contributed by atoms with van der Waals surface area (Å²) in [5, 5.41) is 2.91. The summed E-state index contributed by atoms with van der Waals surface area (Å²) in [7, 11) is 2.03. The van der Waals surface area contributed by atoms with E-state index in [1.165, 1.54) is 0 Å². The quantitative estimate of drug-likeness (QED) is 0.862. The summed E-state index contributed by atoms with van der Waals surface area (Å²) in [6.07, 6.45) is 0.526. The maximum atomic E-state index is 12.3. The third kappa shape index (κ3) is 4.83. The van der Waals surface area contributed by atoms with Gasteiger partial charge in [0.15, 0.2) is 0 Å². The molecular formula is C19H25N3O. The van der Waals surface area contributed by atoms with Gasteiger partial charge in [-0.05, 0) is 44.0 Å². The van der Waals surface area contributed by atoms with E-state index in [-0.39, 0.29) is 5.91 Å². The number of nitrogens with zero attached hydrogens (tertiary/aromatic N) is 1. The van der Waals surface area contributed by atoms with Crippen LogP contribution in [0, 0.1) is 0 Å². The lowest BCUT2D eigenvalue weighted by Crippen LogP contribution is -2.37. The summed E-state index contributed by atoms with van der Waals surface area (Å²) in [4.78, 5) is 14.4. The van der Waals surface area contributed by atoms with E-state index in [4.69, 9.17) is 5.73 Å². The molecule has 0 saturated carbocycles. The molecule has 1 unspecified atom stereocenters. The number of carbonyl (C=O) groups is 1. The van der Waals surface area contributed by atoms with Crippen LogP contribution in [0.5, 0.6) is 0 Å². The molecule has 0 bridgehead atoms. The molecule has 2 rings (SSSR count). The molecule has 2 aromatic rings. The Balaban J connectivity index is 2.01. The third-order valence-electron chi connectivity index (χ3n) is 3.93. The van der Waals surface area contributed by atoms with Gasteiger partial charge in [0.1, 0.15) is 0 Å². The van der Waals surface area contributed by atoms with Crippen molar-refractivity contribution >= 4 is 17.3 Å². The second kappa shape index (κ2) is 7.79. The van der Waals surface area contributed by atoms with Crippen LogP contribution >= 0.6 is 0 Å². The highest BCUT2D eigenvalue weighted by atomic mass is 16.2. The van der Waals surface area contributed by atoms with E-state index in [2.05, 4.69) is 24.1 Å². The van der Waals surface area contributed by atoms with Crippen molar-refractivity contribution in [3.63, 3.8) is 0 Å². The minimum atomic E-state index is -0.566. The van der Waals surface area contributed by atoms with Crippen molar-refractivity contribution in [1.82, 2.24) is 0 Å². The van der Waals surface area contributed by atoms with Crippen molar-refractivity contribution in [2.24, 2.45) is 5.73 Å². The number of anilines is 2. The first-order valence-electron chi connectivity index (χ1n) is 7.90. The molecule has 3 N–H and O–H groups in total. The largest absolute Gasteiger partial charge is 0.372 e. The number of hydrogen-bond acceptors (Lipinski definition) is 3. The van der Waals surface area contributed by atoms with E-state index in [9.17, 15) is 4.79 Å². The molecule has 0 fully saturated rings. The topological polar surface area (TPSA) is 58.4 Å². The van der Waals surface area contributed by atoms with Gasteiger partial charge in [-0.15, -0.1) is 0 Å². The molecule has 1 amide bonds. The lowest BCUT2D eigenvalue weighted by Gasteiger charge is -2.24. The summed E-state index contributed by atoms with van der Waals surface area (Å²) >= 11 is 0. The van der Waals surface area contributed by atoms with Crippen LogP contribution in [0.25, 0.3) is 0 Å². The fourth-order valence-electron chi connectivity index (χ4n) is 2.30. The molecule has 2 aromatic carbocycles. The normalized spacial score (nSPS) is 12.0. The summed E-state index contributed by atoms with van der Waals surface area (Å²) in [5.74, 6) is -0.168. The first-order valence-corrected chi connectivity index (χ1v) is 7.90. The maximum Gasteiger partial charge on any atom is 0.241 e. The molecule has 1 atom stereocenters. The molecule has 0 aliphatic rings. The van der Waals surface area contributed by atoms with E-state index >= 15 is 0 Å². The van der Waals surface area contributed by atoms with Crippen molar-refractivity contribution in [2.45, 2.75) is 32.4 Å². The Morgan fingerprint density at radius 3 is 2.48 bits per heavy atom. The number of nitrogens with one attached hydrogen (secondary N) is 1. The molecule has 0 aliphatic heterocycles.